The third kappa shape index (κ3) is 7.95. The van der Waals surface area contributed by atoms with Gasteiger partial charge in [-0.15, -0.1) is 12.6 Å². The highest BCUT2D eigenvalue weighted by Crippen LogP contribution is 2.52. The minimum atomic E-state index is 0.492. The first kappa shape index (κ1) is 44.5. The lowest BCUT2D eigenvalue weighted by Crippen LogP contribution is -2.13. The summed E-state index contributed by atoms with van der Waals surface area (Å²) in [5.41, 5.74) is 14.2. The summed E-state index contributed by atoms with van der Waals surface area (Å²) in [4.78, 5) is 4.84. The second-order valence-corrected chi connectivity index (χ2v) is 17.0. The van der Waals surface area contributed by atoms with Crippen LogP contribution >= 0.6 is 24.4 Å². The molecule has 8 heteroatoms. The Morgan fingerprint density at radius 2 is 1.09 bits per heavy atom. The number of aryl methyl sites for hydroxylation is 3. The van der Waals surface area contributed by atoms with Gasteiger partial charge in [0, 0.05) is 59.0 Å². The van der Waals surface area contributed by atoms with Crippen molar-refractivity contribution in [1.29, 1.82) is 10.5 Å². The summed E-state index contributed by atoms with van der Waals surface area (Å²) < 4.78 is 4.76. The lowest BCUT2D eigenvalue weighted by Gasteiger charge is -2.29. The SMILES string of the molecule is CC.CC.[B]c1ccc2c(c1)c1c(c(C)c(N(c3ccccc3)c3ccc(C)cc3)c3c4cc(S)ccc4n(-c4ccc(Sc5c(C#N)cc(C)cc5C#N)cc4)c31)n2-c1ccccc1. The molecule has 0 bridgehead atoms. The van der Waals surface area contributed by atoms with Gasteiger partial charge in [0.2, 0.25) is 0 Å². The maximum absolute atomic E-state index is 10.0. The Morgan fingerprint density at radius 3 is 1.71 bits per heavy atom. The van der Waals surface area contributed by atoms with Crippen molar-refractivity contribution >= 4 is 98.4 Å². The third-order valence-electron chi connectivity index (χ3n) is 11.5. The van der Waals surface area contributed by atoms with Gasteiger partial charge in [0.25, 0.3) is 0 Å². The van der Waals surface area contributed by atoms with Crippen LogP contribution in [0.5, 0.6) is 0 Å². The Balaban J connectivity index is 0.00000140. The molecule has 0 fully saturated rings. The molecule has 0 N–H and O–H groups in total. The number of nitrogens with zero attached hydrogens (tertiary/aromatic N) is 5. The zero-order chi connectivity index (χ0) is 45.9. The first-order valence-electron chi connectivity index (χ1n) is 22.0. The van der Waals surface area contributed by atoms with Crippen molar-refractivity contribution in [1.82, 2.24) is 9.13 Å². The Hall–Kier alpha value is -7.10. The fourth-order valence-electron chi connectivity index (χ4n) is 8.86. The van der Waals surface area contributed by atoms with E-state index in [-0.39, 0.29) is 0 Å². The first-order chi connectivity index (χ1) is 31.7. The molecule has 0 unspecified atom stereocenters. The van der Waals surface area contributed by atoms with Crippen molar-refractivity contribution in [3.63, 3.8) is 0 Å². The largest absolute Gasteiger partial charge is 0.309 e. The van der Waals surface area contributed by atoms with Crippen LogP contribution in [0.3, 0.4) is 0 Å². The van der Waals surface area contributed by atoms with E-state index in [9.17, 15) is 10.5 Å². The summed E-state index contributed by atoms with van der Waals surface area (Å²) >= 11 is 6.39. The monoisotopic (exact) mass is 877 g/mol. The van der Waals surface area contributed by atoms with Gasteiger partial charge >= 0.3 is 0 Å². The summed E-state index contributed by atoms with van der Waals surface area (Å²) in [7, 11) is 6.68. The van der Waals surface area contributed by atoms with E-state index in [1.807, 2.05) is 52.8 Å². The van der Waals surface area contributed by atoms with Crippen LogP contribution in [0.4, 0.5) is 17.1 Å². The van der Waals surface area contributed by atoms with Crippen LogP contribution in [0, 0.1) is 43.4 Å². The zero-order valence-corrected chi connectivity index (χ0v) is 39.4. The average molecular weight is 878 g/mol. The molecule has 2 radical (unpaired) electrons. The molecule has 0 saturated heterocycles. The van der Waals surface area contributed by atoms with Gasteiger partial charge in [-0.05, 0) is 129 Å². The normalized spacial score (nSPS) is 10.9. The van der Waals surface area contributed by atoms with Crippen LogP contribution in [-0.2, 0) is 0 Å². The minimum Gasteiger partial charge on any atom is -0.309 e. The molecule has 0 atom stereocenters. The van der Waals surface area contributed by atoms with E-state index in [0.29, 0.717) is 21.5 Å². The Kier molecular flexibility index (Phi) is 13.0. The Morgan fingerprint density at radius 1 is 0.554 bits per heavy atom. The van der Waals surface area contributed by atoms with Crippen LogP contribution < -0.4 is 10.4 Å². The quantitative estimate of drug-likeness (QED) is 0.128. The zero-order valence-electron chi connectivity index (χ0n) is 37.7. The predicted molar refractivity (Wildman–Crippen MR) is 279 cm³/mol. The van der Waals surface area contributed by atoms with Crippen LogP contribution in [0.25, 0.3) is 55.0 Å². The standard InChI is InChI=1S/C53H36BN5S2.2C2H6/c1-32-14-17-40(18-15-32)57(38-10-6-4-7-11-38)50-34(3)51-48(44-28-37(54)16-24-46(44)58(51)39-12-8-5-9-13-39)52-49(50)45-29-42(60)21-25-47(45)59(52)41-19-22-43(23-20-41)61-53-35(30-55)26-33(2)27-36(53)31-56;2*1-2/h4-29,60H,1-3H3;2*1-2H3. The van der Waals surface area contributed by atoms with Gasteiger partial charge in [0.1, 0.15) is 20.0 Å². The van der Waals surface area contributed by atoms with Crippen molar-refractivity contribution in [3.05, 3.63) is 186 Å². The maximum atomic E-state index is 10.0. The summed E-state index contributed by atoms with van der Waals surface area (Å²) in [6.07, 6.45) is 0. The second-order valence-electron chi connectivity index (χ2n) is 15.4. The topological polar surface area (TPSA) is 60.7 Å². The van der Waals surface area contributed by atoms with Crippen molar-refractivity contribution in [2.45, 2.75) is 63.2 Å². The molecule has 0 saturated carbocycles. The molecule has 316 valence electrons. The van der Waals surface area contributed by atoms with E-state index in [1.165, 1.54) is 17.3 Å². The number of nitriles is 2. The number of para-hydroxylation sites is 2. The van der Waals surface area contributed by atoms with Crippen LogP contribution in [0.1, 0.15) is 55.5 Å². The van der Waals surface area contributed by atoms with E-state index in [4.69, 9.17) is 20.5 Å². The van der Waals surface area contributed by atoms with Gasteiger partial charge in [0.05, 0.1) is 38.9 Å². The maximum Gasteiger partial charge on any atom is 0.113 e. The molecule has 0 spiro atoms. The number of benzene rings is 8. The number of aromatic nitrogens is 2. The Labute approximate surface area is 393 Å². The van der Waals surface area contributed by atoms with Gasteiger partial charge in [0.15, 0.2) is 0 Å². The number of thiol groups is 1. The summed E-state index contributed by atoms with van der Waals surface area (Å²) in [5.74, 6) is 0. The third-order valence-corrected chi connectivity index (χ3v) is 12.9. The van der Waals surface area contributed by atoms with Crippen LogP contribution in [-0.4, -0.2) is 17.0 Å². The van der Waals surface area contributed by atoms with Gasteiger partial charge in [-0.25, -0.2) is 0 Å². The molecule has 0 aliphatic heterocycles. The molecule has 0 aliphatic carbocycles. The first-order valence-corrected chi connectivity index (χ1v) is 23.2. The van der Waals surface area contributed by atoms with E-state index < -0.39 is 0 Å². The molecule has 10 aromatic rings. The molecule has 10 rings (SSSR count). The minimum absolute atomic E-state index is 0.492. The van der Waals surface area contributed by atoms with Crippen molar-refractivity contribution < 1.29 is 0 Å². The fraction of sp³-hybridized carbons (Fsp3) is 0.123. The highest BCUT2D eigenvalue weighted by Gasteiger charge is 2.30. The summed E-state index contributed by atoms with van der Waals surface area (Å²) in [6, 6.07) is 59.2. The highest BCUT2D eigenvalue weighted by molar-refractivity contribution is 7.99. The van der Waals surface area contributed by atoms with E-state index in [2.05, 4.69) is 180 Å². The number of rotatable bonds is 7. The lowest BCUT2D eigenvalue weighted by atomic mass is 9.93. The number of anilines is 3. The molecule has 8 aromatic carbocycles. The smallest absolute Gasteiger partial charge is 0.113 e. The van der Waals surface area contributed by atoms with Crippen molar-refractivity contribution in [3.8, 4) is 23.5 Å². The summed E-state index contributed by atoms with van der Waals surface area (Å²) in [5, 5.41) is 24.3. The second kappa shape index (κ2) is 18.9. The molecule has 0 aliphatic rings. The van der Waals surface area contributed by atoms with Crippen molar-refractivity contribution in [2.24, 2.45) is 0 Å². The van der Waals surface area contributed by atoms with Crippen LogP contribution in [0.2, 0.25) is 0 Å². The van der Waals surface area contributed by atoms with E-state index in [1.54, 1.807) is 0 Å². The van der Waals surface area contributed by atoms with E-state index >= 15 is 0 Å². The van der Waals surface area contributed by atoms with Gasteiger partial charge in [-0.1, -0.05) is 111 Å². The highest BCUT2D eigenvalue weighted by atomic mass is 32.2. The number of fused-ring (bicyclic) bond motifs is 7. The van der Waals surface area contributed by atoms with E-state index in [0.717, 1.165) is 93.0 Å². The molecular weight excluding hydrogens is 830 g/mol. The predicted octanol–water partition coefficient (Wildman–Crippen LogP) is 15.3. The molecule has 65 heavy (non-hydrogen) atoms. The summed E-state index contributed by atoms with van der Waals surface area (Å²) in [6.45, 7) is 14.3. The van der Waals surface area contributed by atoms with Gasteiger partial charge in [-0.3, -0.25) is 0 Å². The molecule has 5 nitrogen and oxygen atoms in total. The average Bonchev–Trinajstić information content (AvgIpc) is 3.85. The van der Waals surface area contributed by atoms with Gasteiger partial charge in [-0.2, -0.15) is 10.5 Å². The molecule has 2 aromatic heterocycles. The molecule has 2 heterocycles. The Bertz CT molecular complexity index is 3420. The number of hydrogen-bond acceptors (Lipinski definition) is 5. The van der Waals surface area contributed by atoms with Crippen LogP contribution in [0.15, 0.2) is 172 Å². The van der Waals surface area contributed by atoms with Gasteiger partial charge < -0.3 is 14.0 Å². The number of hydrogen-bond donors (Lipinski definition) is 1. The molecule has 0 amide bonds. The molecular formula is C57H48BN5S2. The van der Waals surface area contributed by atoms with Crippen molar-refractivity contribution in [2.75, 3.05) is 4.90 Å². The lowest BCUT2D eigenvalue weighted by molar-refractivity contribution is 1.15. The fourth-order valence-corrected chi connectivity index (χ4v) is 10.0.